The molecule has 0 bridgehead atoms. The first-order chi connectivity index (χ1) is 10.7. The average Bonchev–Trinajstić information content (AvgIpc) is 2.57. The van der Waals surface area contributed by atoms with Crippen LogP contribution in [0.25, 0.3) is 21.8 Å². The molecule has 114 valence electrons. The van der Waals surface area contributed by atoms with Crippen molar-refractivity contribution in [1.29, 1.82) is 0 Å². The highest BCUT2D eigenvalue weighted by molar-refractivity contribution is 5.99. The van der Waals surface area contributed by atoms with Crippen LogP contribution in [0.4, 0.5) is 0 Å². The number of fused-ring (bicyclic) bond motifs is 2. The van der Waals surface area contributed by atoms with Gasteiger partial charge in [-0.3, -0.25) is 0 Å². The van der Waals surface area contributed by atoms with Crippen molar-refractivity contribution in [2.45, 2.75) is 0 Å². The molecule has 2 aromatic carbocycles. The quantitative estimate of drug-likeness (QED) is 0.691. The lowest BCUT2D eigenvalue weighted by molar-refractivity contribution is 0.397. The minimum absolute atomic E-state index is 0.700. The molecule has 0 saturated heterocycles. The van der Waals surface area contributed by atoms with E-state index in [2.05, 4.69) is 0 Å². The Morgan fingerprint density at radius 1 is 0.591 bits per heavy atom. The first kappa shape index (κ1) is 14.3. The maximum Gasteiger partial charge on any atom is 0.131 e. The van der Waals surface area contributed by atoms with Gasteiger partial charge in [0.15, 0.2) is 0 Å². The van der Waals surface area contributed by atoms with Crippen molar-refractivity contribution in [2.75, 3.05) is 28.4 Å². The molecular formula is C17H17NO4. The highest BCUT2D eigenvalue weighted by atomic mass is 16.5. The molecule has 3 rings (SSSR count). The molecule has 0 amide bonds. The molecule has 0 spiro atoms. The number of rotatable bonds is 4. The summed E-state index contributed by atoms with van der Waals surface area (Å²) in [6.45, 7) is 0. The SMILES string of the molecule is COc1cc(OC)c2cc3c(OC)cc(OC)cc3nc2c1. The molecular weight excluding hydrogens is 282 g/mol. The second-order valence-electron chi connectivity index (χ2n) is 4.78. The Kier molecular flexibility index (Phi) is 3.63. The van der Waals surface area contributed by atoms with Crippen molar-refractivity contribution in [3.8, 4) is 23.0 Å². The van der Waals surface area contributed by atoms with E-state index in [0.717, 1.165) is 21.8 Å². The normalized spacial score (nSPS) is 10.7. The van der Waals surface area contributed by atoms with Gasteiger partial charge in [0, 0.05) is 35.0 Å². The lowest BCUT2D eigenvalue weighted by Gasteiger charge is -2.12. The second-order valence-corrected chi connectivity index (χ2v) is 4.78. The van der Waals surface area contributed by atoms with Gasteiger partial charge in [0.2, 0.25) is 0 Å². The van der Waals surface area contributed by atoms with E-state index in [9.17, 15) is 0 Å². The highest BCUT2D eigenvalue weighted by Crippen LogP contribution is 2.36. The van der Waals surface area contributed by atoms with Gasteiger partial charge in [-0.1, -0.05) is 0 Å². The van der Waals surface area contributed by atoms with Crippen molar-refractivity contribution in [3.63, 3.8) is 0 Å². The van der Waals surface area contributed by atoms with Gasteiger partial charge in [0.25, 0.3) is 0 Å². The van der Waals surface area contributed by atoms with Gasteiger partial charge >= 0.3 is 0 Å². The molecule has 5 nitrogen and oxygen atoms in total. The number of nitrogens with zero attached hydrogens (tertiary/aromatic N) is 1. The van der Waals surface area contributed by atoms with Gasteiger partial charge in [-0.2, -0.15) is 0 Å². The van der Waals surface area contributed by atoms with E-state index in [0.29, 0.717) is 23.0 Å². The van der Waals surface area contributed by atoms with Crippen molar-refractivity contribution in [2.24, 2.45) is 0 Å². The van der Waals surface area contributed by atoms with Crippen molar-refractivity contribution >= 4 is 21.8 Å². The fourth-order valence-electron chi connectivity index (χ4n) is 2.50. The van der Waals surface area contributed by atoms with E-state index in [1.54, 1.807) is 28.4 Å². The Labute approximate surface area is 128 Å². The van der Waals surface area contributed by atoms with Crippen LogP contribution >= 0.6 is 0 Å². The Morgan fingerprint density at radius 2 is 1.05 bits per heavy atom. The van der Waals surface area contributed by atoms with Gasteiger partial charge in [-0.25, -0.2) is 4.98 Å². The fraction of sp³-hybridized carbons (Fsp3) is 0.235. The molecule has 0 fully saturated rings. The van der Waals surface area contributed by atoms with Gasteiger partial charge in [-0.05, 0) is 6.07 Å². The van der Waals surface area contributed by atoms with E-state index in [1.807, 2.05) is 30.3 Å². The molecule has 22 heavy (non-hydrogen) atoms. The largest absolute Gasteiger partial charge is 0.497 e. The summed E-state index contributed by atoms with van der Waals surface area (Å²) < 4.78 is 21.5. The maximum atomic E-state index is 5.45. The van der Waals surface area contributed by atoms with E-state index < -0.39 is 0 Å². The highest BCUT2D eigenvalue weighted by Gasteiger charge is 2.12. The smallest absolute Gasteiger partial charge is 0.131 e. The molecule has 5 heteroatoms. The second kappa shape index (κ2) is 5.60. The standard InChI is InChI=1S/C17H17NO4/c1-19-10-5-14-12(16(7-10)21-3)9-13-15(18-14)6-11(20-2)8-17(13)22-4/h5-9H,1-4H3. The number of hydrogen-bond donors (Lipinski definition) is 0. The lowest BCUT2D eigenvalue weighted by Crippen LogP contribution is -1.94. The van der Waals surface area contributed by atoms with Crippen LogP contribution in [0, 0.1) is 0 Å². The summed E-state index contributed by atoms with van der Waals surface area (Å²) in [6.07, 6.45) is 0. The average molecular weight is 299 g/mol. The molecule has 0 saturated carbocycles. The van der Waals surface area contributed by atoms with E-state index in [1.165, 1.54) is 0 Å². The number of benzene rings is 2. The molecule has 0 radical (unpaired) electrons. The maximum absolute atomic E-state index is 5.45. The van der Waals surface area contributed by atoms with Crippen molar-refractivity contribution in [1.82, 2.24) is 4.98 Å². The summed E-state index contributed by atoms with van der Waals surface area (Å²) in [7, 11) is 6.49. The molecule has 3 aromatic rings. The van der Waals surface area contributed by atoms with Crippen molar-refractivity contribution < 1.29 is 18.9 Å². The Morgan fingerprint density at radius 3 is 1.41 bits per heavy atom. The van der Waals surface area contributed by atoms with Gasteiger partial charge in [0.1, 0.15) is 23.0 Å². The van der Waals surface area contributed by atoms with Gasteiger partial charge in [0.05, 0.1) is 39.5 Å². The van der Waals surface area contributed by atoms with Crippen LogP contribution < -0.4 is 18.9 Å². The molecule has 0 aliphatic heterocycles. The molecule has 0 aliphatic carbocycles. The predicted molar refractivity (Wildman–Crippen MR) is 85.5 cm³/mol. The van der Waals surface area contributed by atoms with Crippen LogP contribution in [0.15, 0.2) is 30.3 Å². The third-order valence-electron chi connectivity index (χ3n) is 3.63. The fourth-order valence-corrected chi connectivity index (χ4v) is 2.50. The number of aromatic nitrogens is 1. The molecule has 1 heterocycles. The molecule has 1 aromatic heterocycles. The predicted octanol–water partition coefficient (Wildman–Crippen LogP) is 3.42. The zero-order valence-electron chi connectivity index (χ0n) is 13.0. The number of methoxy groups -OCH3 is 4. The summed E-state index contributed by atoms with van der Waals surface area (Å²) in [5, 5.41) is 1.80. The monoisotopic (exact) mass is 299 g/mol. The number of ether oxygens (including phenoxy) is 4. The third kappa shape index (κ3) is 2.24. The lowest BCUT2D eigenvalue weighted by atomic mass is 10.1. The number of pyridine rings is 1. The van der Waals surface area contributed by atoms with Crippen LogP contribution in [0.1, 0.15) is 0 Å². The summed E-state index contributed by atoms with van der Waals surface area (Å²) in [4.78, 5) is 4.69. The Balaban J connectivity index is 2.39. The first-order valence-corrected chi connectivity index (χ1v) is 6.78. The first-order valence-electron chi connectivity index (χ1n) is 6.78. The summed E-state index contributed by atoms with van der Waals surface area (Å²) in [5.74, 6) is 2.82. The molecule has 0 atom stereocenters. The van der Waals surface area contributed by atoms with Gasteiger partial charge in [-0.15, -0.1) is 0 Å². The minimum atomic E-state index is 0.700. The van der Waals surface area contributed by atoms with Crippen LogP contribution in [-0.4, -0.2) is 33.4 Å². The van der Waals surface area contributed by atoms with Crippen LogP contribution in [0.5, 0.6) is 23.0 Å². The Hall–Kier alpha value is -2.69. The Bertz CT molecular complexity index is 778. The van der Waals surface area contributed by atoms with E-state index in [4.69, 9.17) is 23.9 Å². The zero-order valence-corrected chi connectivity index (χ0v) is 13.0. The molecule has 0 aliphatic rings. The van der Waals surface area contributed by atoms with Crippen LogP contribution in [0.2, 0.25) is 0 Å². The van der Waals surface area contributed by atoms with Gasteiger partial charge < -0.3 is 18.9 Å². The minimum Gasteiger partial charge on any atom is -0.497 e. The number of hydrogen-bond acceptors (Lipinski definition) is 5. The zero-order chi connectivity index (χ0) is 15.7. The summed E-state index contributed by atoms with van der Waals surface area (Å²) >= 11 is 0. The molecule has 0 unspecified atom stereocenters. The third-order valence-corrected chi connectivity index (χ3v) is 3.63. The van der Waals surface area contributed by atoms with Crippen LogP contribution in [-0.2, 0) is 0 Å². The van der Waals surface area contributed by atoms with E-state index in [-0.39, 0.29) is 0 Å². The van der Waals surface area contributed by atoms with Crippen molar-refractivity contribution in [3.05, 3.63) is 30.3 Å². The van der Waals surface area contributed by atoms with Crippen LogP contribution in [0.3, 0.4) is 0 Å². The molecule has 0 N–H and O–H groups in total. The summed E-state index contributed by atoms with van der Waals surface area (Å²) in [6, 6.07) is 9.44. The van der Waals surface area contributed by atoms with E-state index >= 15 is 0 Å². The topological polar surface area (TPSA) is 49.8 Å². The summed E-state index contributed by atoms with van der Waals surface area (Å²) in [5.41, 5.74) is 1.58.